The van der Waals surface area contributed by atoms with Crippen molar-refractivity contribution in [3.63, 3.8) is 0 Å². The molecule has 0 aliphatic carbocycles. The van der Waals surface area contributed by atoms with Gasteiger partial charge in [0.15, 0.2) is 0 Å². The molecule has 3 atom stereocenters. The van der Waals surface area contributed by atoms with Gasteiger partial charge in [0.05, 0.1) is 12.2 Å². The van der Waals surface area contributed by atoms with E-state index in [-0.39, 0.29) is 24.2 Å². The minimum Gasteiger partial charge on any atom is -0.373 e. The molecule has 2 rings (SSSR count). The molecule has 1 fully saturated rings. The smallest absolute Gasteiger partial charge is 0.224 e. The summed E-state index contributed by atoms with van der Waals surface area (Å²) in [5.41, 5.74) is 7.75. The summed E-state index contributed by atoms with van der Waals surface area (Å²) in [5, 5.41) is 3.03. The molecular weight excluding hydrogens is 290 g/mol. The van der Waals surface area contributed by atoms with Gasteiger partial charge in [-0.3, -0.25) is 9.69 Å². The van der Waals surface area contributed by atoms with Crippen molar-refractivity contribution < 1.29 is 9.53 Å². The fourth-order valence-corrected chi connectivity index (χ4v) is 3.01. The molecule has 0 saturated carbocycles. The number of nitrogens with one attached hydrogen (secondary N) is 1. The van der Waals surface area contributed by atoms with Crippen molar-refractivity contribution in [2.24, 2.45) is 5.73 Å². The van der Waals surface area contributed by atoms with Crippen LogP contribution in [0.1, 0.15) is 39.2 Å². The number of carbonyl (C=O) groups is 1. The molecule has 1 aromatic rings. The third-order valence-corrected chi connectivity index (χ3v) is 4.01. The van der Waals surface area contributed by atoms with Crippen LogP contribution in [-0.4, -0.2) is 42.1 Å². The van der Waals surface area contributed by atoms with Gasteiger partial charge in [0.25, 0.3) is 0 Å². The number of para-hydroxylation sites is 1. The summed E-state index contributed by atoms with van der Waals surface area (Å²) >= 11 is 0. The summed E-state index contributed by atoms with van der Waals surface area (Å²) in [6.45, 7) is 8.77. The number of nitrogens with zero attached hydrogens (tertiary/aromatic N) is 1. The minimum absolute atomic E-state index is 0.0264. The van der Waals surface area contributed by atoms with Crippen LogP contribution in [0.2, 0.25) is 0 Å². The summed E-state index contributed by atoms with van der Waals surface area (Å²) in [6, 6.07) is 8.06. The Morgan fingerprint density at radius 1 is 1.35 bits per heavy atom. The van der Waals surface area contributed by atoms with Gasteiger partial charge in [0.1, 0.15) is 0 Å². The van der Waals surface area contributed by atoms with Crippen LogP contribution in [0.25, 0.3) is 0 Å². The first kappa shape index (κ1) is 17.9. The summed E-state index contributed by atoms with van der Waals surface area (Å²) in [7, 11) is 0. The number of nitrogens with two attached hydrogens (primary N) is 1. The highest BCUT2D eigenvalue weighted by molar-refractivity contribution is 5.91. The number of morpholine rings is 1. The summed E-state index contributed by atoms with van der Waals surface area (Å²) in [4.78, 5) is 14.4. The SMILES string of the molecule is CC(N)CCC(=O)Nc1ccccc1CN1CC(C)OC(C)C1. The van der Waals surface area contributed by atoms with E-state index in [4.69, 9.17) is 10.5 Å². The second-order valence-corrected chi connectivity index (χ2v) is 6.67. The van der Waals surface area contributed by atoms with E-state index < -0.39 is 0 Å². The van der Waals surface area contributed by atoms with Crippen LogP contribution in [0.15, 0.2) is 24.3 Å². The monoisotopic (exact) mass is 319 g/mol. The fraction of sp³-hybridized carbons (Fsp3) is 0.611. The van der Waals surface area contributed by atoms with Crippen LogP contribution in [0.3, 0.4) is 0 Å². The van der Waals surface area contributed by atoms with E-state index in [0.29, 0.717) is 12.8 Å². The number of carbonyl (C=O) groups excluding carboxylic acids is 1. The lowest BCUT2D eigenvalue weighted by atomic mass is 10.1. The molecule has 1 heterocycles. The van der Waals surface area contributed by atoms with Gasteiger partial charge in [-0.05, 0) is 38.8 Å². The van der Waals surface area contributed by atoms with E-state index in [2.05, 4.69) is 30.1 Å². The van der Waals surface area contributed by atoms with Crippen LogP contribution in [-0.2, 0) is 16.1 Å². The summed E-state index contributed by atoms with van der Waals surface area (Å²) < 4.78 is 5.78. The standard InChI is InChI=1S/C18H29N3O2/c1-13(19)8-9-18(22)20-17-7-5-4-6-16(17)12-21-10-14(2)23-15(3)11-21/h4-7,13-15H,8-12,19H2,1-3H3,(H,20,22). The number of anilines is 1. The number of hydrogen-bond acceptors (Lipinski definition) is 4. The van der Waals surface area contributed by atoms with Crippen molar-refractivity contribution in [3.8, 4) is 0 Å². The van der Waals surface area contributed by atoms with Crippen LogP contribution < -0.4 is 11.1 Å². The van der Waals surface area contributed by atoms with Crippen molar-refractivity contribution in [1.82, 2.24) is 4.90 Å². The Morgan fingerprint density at radius 3 is 2.65 bits per heavy atom. The van der Waals surface area contributed by atoms with E-state index in [1.807, 2.05) is 25.1 Å². The Bertz CT molecular complexity index is 509. The van der Waals surface area contributed by atoms with E-state index in [9.17, 15) is 4.79 Å². The predicted molar refractivity (Wildman–Crippen MR) is 93.2 cm³/mol. The predicted octanol–water partition coefficient (Wildman–Crippen LogP) is 2.36. The second kappa shape index (κ2) is 8.43. The first-order chi connectivity index (χ1) is 10.9. The fourth-order valence-electron chi connectivity index (χ4n) is 3.01. The van der Waals surface area contributed by atoms with Gasteiger partial charge in [-0.2, -0.15) is 0 Å². The maximum atomic E-state index is 12.1. The normalized spacial score (nSPS) is 23.5. The van der Waals surface area contributed by atoms with Crippen LogP contribution in [0.4, 0.5) is 5.69 Å². The van der Waals surface area contributed by atoms with Gasteiger partial charge in [-0.1, -0.05) is 18.2 Å². The lowest BCUT2D eigenvalue weighted by Gasteiger charge is -2.35. The zero-order valence-corrected chi connectivity index (χ0v) is 14.4. The third kappa shape index (κ3) is 5.94. The van der Waals surface area contributed by atoms with Crippen LogP contribution in [0.5, 0.6) is 0 Å². The van der Waals surface area contributed by atoms with E-state index in [1.165, 1.54) is 0 Å². The molecule has 0 spiro atoms. The van der Waals surface area contributed by atoms with Crippen molar-refractivity contribution >= 4 is 11.6 Å². The zero-order chi connectivity index (χ0) is 16.8. The molecule has 5 heteroatoms. The highest BCUT2D eigenvalue weighted by atomic mass is 16.5. The van der Waals surface area contributed by atoms with Gasteiger partial charge in [0, 0.05) is 37.8 Å². The topological polar surface area (TPSA) is 67.6 Å². The first-order valence-electron chi connectivity index (χ1n) is 8.45. The molecule has 1 saturated heterocycles. The summed E-state index contributed by atoms with van der Waals surface area (Å²) in [5.74, 6) is 0.0264. The zero-order valence-electron chi connectivity index (χ0n) is 14.4. The van der Waals surface area contributed by atoms with Gasteiger partial charge in [-0.15, -0.1) is 0 Å². The molecule has 1 amide bonds. The van der Waals surface area contributed by atoms with Crippen molar-refractivity contribution in [2.45, 2.75) is 58.4 Å². The highest BCUT2D eigenvalue weighted by Gasteiger charge is 2.22. The molecule has 1 aromatic carbocycles. The lowest BCUT2D eigenvalue weighted by Crippen LogP contribution is -2.44. The maximum Gasteiger partial charge on any atom is 0.224 e. The van der Waals surface area contributed by atoms with Crippen molar-refractivity contribution in [1.29, 1.82) is 0 Å². The molecule has 1 aliphatic rings. The Morgan fingerprint density at radius 2 is 2.00 bits per heavy atom. The number of benzene rings is 1. The van der Waals surface area contributed by atoms with Crippen molar-refractivity contribution in [3.05, 3.63) is 29.8 Å². The number of amides is 1. The van der Waals surface area contributed by atoms with Crippen LogP contribution in [0, 0.1) is 0 Å². The number of ether oxygens (including phenoxy) is 1. The third-order valence-electron chi connectivity index (χ3n) is 4.01. The Kier molecular flexibility index (Phi) is 6.57. The molecular formula is C18H29N3O2. The number of rotatable bonds is 6. The van der Waals surface area contributed by atoms with Gasteiger partial charge >= 0.3 is 0 Å². The van der Waals surface area contributed by atoms with E-state index in [0.717, 1.165) is 30.9 Å². The van der Waals surface area contributed by atoms with Crippen LogP contribution >= 0.6 is 0 Å². The average Bonchev–Trinajstić information content (AvgIpc) is 2.46. The molecule has 3 unspecified atom stereocenters. The highest BCUT2D eigenvalue weighted by Crippen LogP contribution is 2.20. The molecule has 0 aromatic heterocycles. The molecule has 128 valence electrons. The Labute approximate surface area is 139 Å². The summed E-state index contributed by atoms with van der Waals surface area (Å²) in [6.07, 6.45) is 1.64. The van der Waals surface area contributed by atoms with Gasteiger partial charge < -0.3 is 15.8 Å². The first-order valence-corrected chi connectivity index (χ1v) is 8.45. The van der Waals surface area contributed by atoms with E-state index >= 15 is 0 Å². The molecule has 0 radical (unpaired) electrons. The largest absolute Gasteiger partial charge is 0.373 e. The van der Waals surface area contributed by atoms with E-state index in [1.54, 1.807) is 0 Å². The quantitative estimate of drug-likeness (QED) is 0.845. The lowest BCUT2D eigenvalue weighted by molar-refractivity contribution is -0.116. The van der Waals surface area contributed by atoms with Gasteiger partial charge in [0.2, 0.25) is 5.91 Å². The second-order valence-electron chi connectivity index (χ2n) is 6.67. The molecule has 5 nitrogen and oxygen atoms in total. The molecule has 23 heavy (non-hydrogen) atoms. The minimum atomic E-state index is 0.0264. The van der Waals surface area contributed by atoms with Gasteiger partial charge in [-0.25, -0.2) is 0 Å². The van der Waals surface area contributed by atoms with Crippen molar-refractivity contribution in [2.75, 3.05) is 18.4 Å². The Balaban J connectivity index is 1.98. The maximum absolute atomic E-state index is 12.1. The average molecular weight is 319 g/mol. The molecule has 0 bridgehead atoms. The Hall–Kier alpha value is -1.43. The molecule has 1 aliphatic heterocycles. The number of hydrogen-bond donors (Lipinski definition) is 2. The molecule has 3 N–H and O–H groups in total.